The summed E-state index contributed by atoms with van der Waals surface area (Å²) >= 11 is 0. The average molecular weight is 424 g/mol. The van der Waals surface area contributed by atoms with Gasteiger partial charge in [-0.15, -0.1) is 0 Å². The first kappa shape index (κ1) is 20.2. The van der Waals surface area contributed by atoms with Gasteiger partial charge in [0.05, 0.1) is 5.56 Å². The topological polar surface area (TPSA) is 63.5 Å². The van der Waals surface area contributed by atoms with E-state index >= 15 is 0 Å². The highest BCUT2D eigenvalue weighted by atomic mass is 16.2. The van der Waals surface area contributed by atoms with Crippen molar-refractivity contribution in [2.45, 2.75) is 6.04 Å². The van der Waals surface area contributed by atoms with E-state index in [2.05, 4.69) is 33.0 Å². The Labute approximate surface area is 188 Å². The van der Waals surface area contributed by atoms with Gasteiger partial charge in [-0.1, -0.05) is 42.5 Å². The second-order valence-electron chi connectivity index (χ2n) is 8.32. The smallest absolute Gasteiger partial charge is 0.253 e. The fraction of sp³-hybridized carbons (Fsp3) is 0.269. The third-order valence-electron chi connectivity index (χ3n) is 6.43. The highest BCUT2D eigenvalue weighted by Gasteiger charge is 2.36. The Morgan fingerprint density at radius 3 is 2.25 bits per heavy atom. The average Bonchev–Trinajstić information content (AvgIpc) is 2.84. The maximum Gasteiger partial charge on any atom is 0.253 e. The van der Waals surface area contributed by atoms with E-state index in [9.17, 15) is 10.1 Å². The first-order valence-corrected chi connectivity index (χ1v) is 11.0. The van der Waals surface area contributed by atoms with Crippen LogP contribution >= 0.6 is 0 Å². The number of aromatic nitrogens is 1. The van der Waals surface area contributed by atoms with Crippen LogP contribution in [0.25, 0.3) is 11.1 Å². The number of hydrogen-bond donors (Lipinski definition) is 0. The van der Waals surface area contributed by atoms with Crippen molar-refractivity contribution in [2.24, 2.45) is 0 Å². The molecule has 0 atom stereocenters. The van der Waals surface area contributed by atoms with Gasteiger partial charge in [-0.3, -0.25) is 9.69 Å². The molecule has 6 nitrogen and oxygen atoms in total. The summed E-state index contributed by atoms with van der Waals surface area (Å²) in [6.07, 6.45) is 1.74. The predicted molar refractivity (Wildman–Crippen MR) is 124 cm³/mol. The minimum Gasteiger partial charge on any atom is -0.353 e. The lowest BCUT2D eigenvalue weighted by atomic mass is 10.0. The van der Waals surface area contributed by atoms with Crippen LogP contribution in [0.5, 0.6) is 0 Å². The molecule has 2 aliphatic heterocycles. The summed E-state index contributed by atoms with van der Waals surface area (Å²) in [6.45, 7) is 5.06. The van der Waals surface area contributed by atoms with Crippen molar-refractivity contribution in [3.63, 3.8) is 0 Å². The van der Waals surface area contributed by atoms with Crippen LogP contribution in [0.2, 0.25) is 0 Å². The lowest BCUT2D eigenvalue weighted by Crippen LogP contribution is -2.64. The van der Waals surface area contributed by atoms with Crippen LogP contribution in [0.15, 0.2) is 72.9 Å². The van der Waals surface area contributed by atoms with Crippen molar-refractivity contribution in [3.8, 4) is 17.2 Å². The van der Waals surface area contributed by atoms with Gasteiger partial charge in [-0.05, 0) is 35.4 Å². The van der Waals surface area contributed by atoms with E-state index in [0.717, 1.165) is 61.8 Å². The molecule has 0 spiro atoms. The zero-order chi connectivity index (χ0) is 21.9. The number of pyridine rings is 1. The highest BCUT2D eigenvalue weighted by Crippen LogP contribution is 2.24. The van der Waals surface area contributed by atoms with E-state index in [1.54, 1.807) is 12.3 Å². The Kier molecular flexibility index (Phi) is 5.57. The SMILES string of the molecule is N#Cc1cccnc1N1CCN(C2CN(C(=O)c3ccc(-c4ccccc4)cc3)C2)CC1. The number of likely N-dealkylation sites (tertiary alicyclic amines) is 1. The summed E-state index contributed by atoms with van der Waals surface area (Å²) < 4.78 is 0. The molecule has 1 aromatic heterocycles. The van der Waals surface area contributed by atoms with Gasteiger partial charge in [-0.2, -0.15) is 5.26 Å². The van der Waals surface area contributed by atoms with Crippen LogP contribution in [0.1, 0.15) is 15.9 Å². The molecule has 1 amide bonds. The number of anilines is 1. The number of rotatable bonds is 4. The van der Waals surface area contributed by atoms with Crippen molar-refractivity contribution in [2.75, 3.05) is 44.2 Å². The lowest BCUT2D eigenvalue weighted by Gasteiger charge is -2.48. The molecule has 0 unspecified atom stereocenters. The first-order chi connectivity index (χ1) is 15.7. The maximum absolute atomic E-state index is 12.9. The molecule has 2 fully saturated rings. The van der Waals surface area contributed by atoms with E-state index < -0.39 is 0 Å². The number of amides is 1. The van der Waals surface area contributed by atoms with Crippen LogP contribution in [0.4, 0.5) is 5.82 Å². The van der Waals surface area contributed by atoms with Crippen LogP contribution < -0.4 is 4.90 Å². The lowest BCUT2D eigenvalue weighted by molar-refractivity contribution is 0.0246. The molecule has 6 heteroatoms. The van der Waals surface area contributed by atoms with Crippen LogP contribution in [-0.4, -0.2) is 66.0 Å². The summed E-state index contributed by atoms with van der Waals surface area (Å²) in [5.41, 5.74) is 3.64. The number of nitrogens with zero attached hydrogens (tertiary/aromatic N) is 5. The molecular formula is C26H25N5O. The minimum atomic E-state index is 0.103. The van der Waals surface area contributed by atoms with Gasteiger partial charge in [0.1, 0.15) is 11.9 Å². The third kappa shape index (κ3) is 3.95. The monoisotopic (exact) mass is 423 g/mol. The summed E-state index contributed by atoms with van der Waals surface area (Å²) in [5, 5.41) is 9.32. The Balaban J connectivity index is 1.14. The first-order valence-electron chi connectivity index (χ1n) is 11.0. The summed E-state index contributed by atoms with van der Waals surface area (Å²) in [4.78, 5) is 23.8. The molecule has 2 aliphatic rings. The minimum absolute atomic E-state index is 0.103. The second-order valence-corrected chi connectivity index (χ2v) is 8.32. The molecule has 160 valence electrons. The van der Waals surface area contributed by atoms with Crippen LogP contribution in [-0.2, 0) is 0 Å². The van der Waals surface area contributed by atoms with E-state index in [0.29, 0.717) is 11.6 Å². The molecule has 32 heavy (non-hydrogen) atoms. The Bertz CT molecular complexity index is 1120. The predicted octanol–water partition coefficient (Wildman–Crippen LogP) is 3.27. The molecule has 0 radical (unpaired) electrons. The number of piperazine rings is 1. The quantitative estimate of drug-likeness (QED) is 0.645. The molecule has 0 aliphatic carbocycles. The van der Waals surface area contributed by atoms with E-state index in [4.69, 9.17) is 0 Å². The third-order valence-corrected chi connectivity index (χ3v) is 6.43. The molecule has 5 rings (SSSR count). The van der Waals surface area contributed by atoms with E-state index in [1.807, 2.05) is 53.4 Å². The van der Waals surface area contributed by atoms with Gasteiger partial charge in [0.15, 0.2) is 0 Å². The standard InChI is InChI=1S/C26H25N5O/c27-17-23-7-4-12-28-25(23)30-15-13-29(14-16-30)24-18-31(19-24)26(32)22-10-8-21(9-11-22)20-5-2-1-3-6-20/h1-12,24H,13-16,18-19H2. The fourth-order valence-electron chi connectivity index (χ4n) is 4.51. The molecule has 3 aromatic rings. The van der Waals surface area contributed by atoms with Crippen LogP contribution in [0, 0.1) is 11.3 Å². The molecule has 0 N–H and O–H groups in total. The van der Waals surface area contributed by atoms with Gasteiger partial charge in [-0.25, -0.2) is 4.98 Å². The Morgan fingerprint density at radius 1 is 0.875 bits per heavy atom. The number of carbonyl (C=O) groups excluding carboxylic acids is 1. The van der Waals surface area contributed by atoms with Gasteiger partial charge in [0.25, 0.3) is 5.91 Å². The van der Waals surface area contributed by atoms with Crippen molar-refractivity contribution in [3.05, 3.63) is 84.1 Å². The highest BCUT2D eigenvalue weighted by molar-refractivity contribution is 5.95. The number of hydrogen-bond acceptors (Lipinski definition) is 5. The zero-order valence-corrected chi connectivity index (χ0v) is 17.9. The van der Waals surface area contributed by atoms with Gasteiger partial charge in [0.2, 0.25) is 0 Å². The normalized spacial score (nSPS) is 17.0. The number of benzene rings is 2. The van der Waals surface area contributed by atoms with E-state index in [-0.39, 0.29) is 5.91 Å². The number of nitriles is 1. The van der Waals surface area contributed by atoms with E-state index in [1.165, 1.54) is 0 Å². The van der Waals surface area contributed by atoms with Crippen LogP contribution in [0.3, 0.4) is 0 Å². The van der Waals surface area contributed by atoms with Crippen molar-refractivity contribution < 1.29 is 4.79 Å². The molecule has 2 aromatic carbocycles. The summed E-state index contributed by atoms with van der Waals surface area (Å²) in [6, 6.07) is 24.3. The Morgan fingerprint density at radius 2 is 1.56 bits per heavy atom. The zero-order valence-electron chi connectivity index (χ0n) is 17.9. The second kappa shape index (κ2) is 8.81. The van der Waals surface area contributed by atoms with Crippen molar-refractivity contribution >= 4 is 11.7 Å². The largest absolute Gasteiger partial charge is 0.353 e. The van der Waals surface area contributed by atoms with Gasteiger partial charge >= 0.3 is 0 Å². The maximum atomic E-state index is 12.9. The summed E-state index contributed by atoms with van der Waals surface area (Å²) in [5.74, 6) is 0.880. The van der Waals surface area contributed by atoms with Gasteiger partial charge in [0, 0.05) is 57.1 Å². The molecule has 2 saturated heterocycles. The van der Waals surface area contributed by atoms with Crippen molar-refractivity contribution in [1.82, 2.24) is 14.8 Å². The Hall–Kier alpha value is -3.69. The summed E-state index contributed by atoms with van der Waals surface area (Å²) in [7, 11) is 0. The van der Waals surface area contributed by atoms with Gasteiger partial charge < -0.3 is 9.80 Å². The molecule has 0 bridgehead atoms. The molecular weight excluding hydrogens is 398 g/mol. The van der Waals surface area contributed by atoms with Crippen molar-refractivity contribution in [1.29, 1.82) is 5.26 Å². The number of carbonyl (C=O) groups is 1. The molecule has 3 heterocycles. The fourth-order valence-corrected chi connectivity index (χ4v) is 4.51. The molecule has 0 saturated carbocycles.